The van der Waals surface area contributed by atoms with Crippen molar-refractivity contribution in [1.29, 1.82) is 0 Å². The van der Waals surface area contributed by atoms with Crippen molar-refractivity contribution in [2.24, 2.45) is 11.3 Å². The van der Waals surface area contributed by atoms with E-state index in [1.165, 1.54) is 0 Å². The number of nitrogens with zero attached hydrogens (tertiary/aromatic N) is 2. The zero-order valence-corrected chi connectivity index (χ0v) is 12.6. The number of carbonyl (C=O) groups is 1. The van der Waals surface area contributed by atoms with Gasteiger partial charge in [-0.25, -0.2) is 0 Å². The molecule has 1 aliphatic heterocycles. The summed E-state index contributed by atoms with van der Waals surface area (Å²) in [6, 6.07) is 1.86. The Morgan fingerprint density at radius 1 is 1.50 bits per heavy atom. The van der Waals surface area contributed by atoms with Crippen LogP contribution in [0.2, 0.25) is 0 Å². The summed E-state index contributed by atoms with van der Waals surface area (Å²) in [5.41, 5.74) is 0.126. The van der Waals surface area contributed by atoms with E-state index in [2.05, 4.69) is 31.2 Å². The Hall–Kier alpha value is -1.36. The summed E-state index contributed by atoms with van der Waals surface area (Å²) in [7, 11) is 0. The van der Waals surface area contributed by atoms with Gasteiger partial charge in [-0.3, -0.25) is 9.48 Å². The quantitative estimate of drug-likeness (QED) is 0.895. The standard InChI is InChI=1S/C15H25N3O2/c1-15(2,3)14-12(6-10-20-14)11-16-13(19)5-9-18-8-4-7-17-18/h4,7-8,12,14H,5-6,9-11H2,1-3H3,(H,16,19)/t12-,14+/m1/s1. The molecule has 1 fully saturated rings. The summed E-state index contributed by atoms with van der Waals surface area (Å²) in [4.78, 5) is 11.9. The molecule has 1 aromatic rings. The van der Waals surface area contributed by atoms with Crippen LogP contribution in [-0.2, 0) is 16.1 Å². The van der Waals surface area contributed by atoms with Gasteiger partial charge >= 0.3 is 0 Å². The van der Waals surface area contributed by atoms with Crippen molar-refractivity contribution in [1.82, 2.24) is 15.1 Å². The first kappa shape index (κ1) is 15.0. The molecule has 5 nitrogen and oxygen atoms in total. The number of rotatable bonds is 5. The molecule has 0 unspecified atom stereocenters. The molecular formula is C15H25N3O2. The molecule has 0 radical (unpaired) electrons. The highest BCUT2D eigenvalue weighted by Gasteiger charge is 2.37. The molecule has 1 amide bonds. The van der Waals surface area contributed by atoms with Crippen molar-refractivity contribution in [3.05, 3.63) is 18.5 Å². The summed E-state index contributed by atoms with van der Waals surface area (Å²) in [5.74, 6) is 0.503. The Bertz CT molecular complexity index is 423. The van der Waals surface area contributed by atoms with Crippen LogP contribution in [0.1, 0.15) is 33.6 Å². The lowest BCUT2D eigenvalue weighted by atomic mass is 9.81. The lowest BCUT2D eigenvalue weighted by molar-refractivity contribution is -0.121. The Morgan fingerprint density at radius 3 is 2.95 bits per heavy atom. The maximum Gasteiger partial charge on any atom is 0.221 e. The predicted octanol–water partition coefficient (Wildman–Crippen LogP) is 1.84. The molecule has 5 heteroatoms. The fourth-order valence-electron chi connectivity index (χ4n) is 2.78. The van der Waals surface area contributed by atoms with Crippen LogP contribution < -0.4 is 5.32 Å². The zero-order valence-electron chi connectivity index (χ0n) is 12.6. The third kappa shape index (κ3) is 4.07. The number of aromatic nitrogens is 2. The average molecular weight is 279 g/mol. The van der Waals surface area contributed by atoms with Crippen molar-refractivity contribution in [2.45, 2.75) is 46.3 Å². The minimum Gasteiger partial charge on any atom is -0.377 e. The molecule has 1 aliphatic rings. The summed E-state index contributed by atoms with van der Waals surface area (Å²) in [5, 5.41) is 7.12. The first-order chi connectivity index (χ1) is 9.47. The third-order valence-corrected chi connectivity index (χ3v) is 3.76. The fourth-order valence-corrected chi connectivity index (χ4v) is 2.78. The summed E-state index contributed by atoms with van der Waals surface area (Å²) in [6.45, 7) is 8.71. The molecular weight excluding hydrogens is 254 g/mol. The van der Waals surface area contributed by atoms with E-state index in [1.807, 2.05) is 12.3 Å². The Morgan fingerprint density at radius 2 is 2.30 bits per heavy atom. The van der Waals surface area contributed by atoms with Gasteiger partial charge in [-0.2, -0.15) is 5.10 Å². The van der Waals surface area contributed by atoms with Crippen LogP contribution in [0.25, 0.3) is 0 Å². The number of hydrogen-bond acceptors (Lipinski definition) is 3. The highest BCUT2D eigenvalue weighted by atomic mass is 16.5. The zero-order chi connectivity index (χ0) is 14.6. The fraction of sp³-hybridized carbons (Fsp3) is 0.733. The number of nitrogens with one attached hydrogen (secondary N) is 1. The van der Waals surface area contributed by atoms with Crippen molar-refractivity contribution in [3.63, 3.8) is 0 Å². The lowest BCUT2D eigenvalue weighted by Gasteiger charge is -2.31. The second-order valence-corrected chi connectivity index (χ2v) is 6.53. The number of ether oxygens (including phenoxy) is 1. The van der Waals surface area contributed by atoms with Crippen LogP contribution in [0.15, 0.2) is 18.5 Å². The molecule has 0 aliphatic carbocycles. The van der Waals surface area contributed by atoms with Gasteiger partial charge in [-0.1, -0.05) is 20.8 Å². The second-order valence-electron chi connectivity index (χ2n) is 6.53. The molecule has 2 atom stereocenters. The van der Waals surface area contributed by atoms with Gasteiger partial charge in [0.1, 0.15) is 0 Å². The van der Waals surface area contributed by atoms with Crippen molar-refractivity contribution in [3.8, 4) is 0 Å². The van der Waals surface area contributed by atoms with E-state index in [4.69, 9.17) is 4.74 Å². The summed E-state index contributed by atoms with van der Waals surface area (Å²) < 4.78 is 7.59. The smallest absolute Gasteiger partial charge is 0.221 e. The van der Waals surface area contributed by atoms with Gasteiger partial charge in [0.05, 0.1) is 6.10 Å². The van der Waals surface area contributed by atoms with E-state index in [0.29, 0.717) is 25.4 Å². The van der Waals surface area contributed by atoms with E-state index < -0.39 is 0 Å². The van der Waals surface area contributed by atoms with Crippen molar-refractivity contribution in [2.75, 3.05) is 13.2 Å². The monoisotopic (exact) mass is 279 g/mol. The molecule has 2 heterocycles. The Labute approximate surface area is 120 Å². The van der Waals surface area contributed by atoms with Gasteiger partial charge < -0.3 is 10.1 Å². The van der Waals surface area contributed by atoms with Crippen LogP contribution >= 0.6 is 0 Å². The van der Waals surface area contributed by atoms with Crippen molar-refractivity contribution >= 4 is 5.91 Å². The van der Waals surface area contributed by atoms with Crippen LogP contribution in [0.5, 0.6) is 0 Å². The number of hydrogen-bond donors (Lipinski definition) is 1. The number of carbonyl (C=O) groups excluding carboxylic acids is 1. The number of amides is 1. The van der Waals surface area contributed by atoms with Gasteiger partial charge in [0.15, 0.2) is 0 Å². The van der Waals surface area contributed by atoms with Crippen LogP contribution in [0.3, 0.4) is 0 Å². The highest BCUT2D eigenvalue weighted by molar-refractivity contribution is 5.75. The molecule has 0 aromatic carbocycles. The summed E-state index contributed by atoms with van der Waals surface area (Å²) in [6.07, 6.45) is 5.32. The Kier molecular flexibility index (Phi) is 4.81. The molecule has 0 spiro atoms. The average Bonchev–Trinajstić information content (AvgIpc) is 3.03. The van der Waals surface area contributed by atoms with Gasteiger partial charge in [0.2, 0.25) is 5.91 Å². The molecule has 112 valence electrons. The van der Waals surface area contributed by atoms with Gasteiger partial charge in [0.25, 0.3) is 0 Å². The lowest BCUT2D eigenvalue weighted by Crippen LogP contribution is -2.38. The van der Waals surface area contributed by atoms with E-state index >= 15 is 0 Å². The first-order valence-electron chi connectivity index (χ1n) is 7.32. The largest absolute Gasteiger partial charge is 0.377 e. The molecule has 1 N–H and O–H groups in total. The molecule has 1 aromatic heterocycles. The highest BCUT2D eigenvalue weighted by Crippen LogP contribution is 2.34. The Balaban J connectivity index is 1.73. The molecule has 0 bridgehead atoms. The first-order valence-corrected chi connectivity index (χ1v) is 7.32. The normalized spacial score (nSPS) is 22.9. The van der Waals surface area contributed by atoms with E-state index in [1.54, 1.807) is 10.9 Å². The molecule has 2 rings (SSSR count). The molecule has 0 saturated carbocycles. The maximum atomic E-state index is 11.9. The van der Waals surface area contributed by atoms with Crippen LogP contribution in [0, 0.1) is 11.3 Å². The van der Waals surface area contributed by atoms with Gasteiger partial charge in [-0.15, -0.1) is 0 Å². The summed E-state index contributed by atoms with van der Waals surface area (Å²) >= 11 is 0. The maximum absolute atomic E-state index is 11.9. The van der Waals surface area contributed by atoms with E-state index in [9.17, 15) is 4.79 Å². The third-order valence-electron chi connectivity index (χ3n) is 3.76. The van der Waals surface area contributed by atoms with E-state index in [-0.39, 0.29) is 17.4 Å². The van der Waals surface area contributed by atoms with E-state index in [0.717, 1.165) is 13.0 Å². The van der Waals surface area contributed by atoms with Crippen LogP contribution in [-0.4, -0.2) is 34.9 Å². The van der Waals surface area contributed by atoms with Crippen LogP contribution in [0.4, 0.5) is 0 Å². The molecule has 1 saturated heterocycles. The SMILES string of the molecule is CC(C)(C)[C@H]1OCC[C@@H]1CNC(=O)CCn1cccn1. The topological polar surface area (TPSA) is 56.1 Å². The van der Waals surface area contributed by atoms with Gasteiger partial charge in [-0.05, 0) is 17.9 Å². The minimum atomic E-state index is 0.0834. The number of aryl methyl sites for hydroxylation is 1. The van der Waals surface area contributed by atoms with Crippen molar-refractivity contribution < 1.29 is 9.53 Å². The second kappa shape index (κ2) is 6.39. The minimum absolute atomic E-state index is 0.0834. The molecule has 20 heavy (non-hydrogen) atoms. The van der Waals surface area contributed by atoms with Gasteiger partial charge in [0, 0.05) is 44.4 Å². The predicted molar refractivity (Wildman–Crippen MR) is 77.2 cm³/mol.